The van der Waals surface area contributed by atoms with Gasteiger partial charge < -0.3 is 4.74 Å². The Morgan fingerprint density at radius 1 is 1.52 bits per heavy atom. The van der Waals surface area contributed by atoms with Crippen molar-refractivity contribution in [2.45, 2.75) is 19.4 Å². The van der Waals surface area contributed by atoms with Crippen molar-refractivity contribution in [2.75, 3.05) is 27.2 Å². The predicted octanol–water partition coefficient (Wildman–Crippen LogP) is 0.179. The number of aromatic nitrogens is 1. The van der Waals surface area contributed by atoms with Crippen molar-refractivity contribution in [1.29, 1.82) is 0 Å². The molecule has 0 spiro atoms. The van der Waals surface area contributed by atoms with E-state index >= 15 is 0 Å². The summed E-state index contributed by atoms with van der Waals surface area (Å²) >= 11 is 0. The minimum absolute atomic E-state index is 0.0399. The summed E-state index contributed by atoms with van der Waals surface area (Å²) in [5.41, 5.74) is 1.87. The van der Waals surface area contributed by atoms with Gasteiger partial charge in [0.25, 0.3) is 10.2 Å². The maximum absolute atomic E-state index is 12.5. The first-order valence-corrected chi connectivity index (χ1v) is 8.06. The molecule has 0 fully saturated rings. The SMILES string of the molecule is COC(=O)CCN(C)S(=O)(=O)N1CCc2ncccc2C1. The van der Waals surface area contributed by atoms with E-state index in [0.717, 1.165) is 11.3 Å². The Kier molecular flexibility index (Phi) is 4.92. The Balaban J connectivity index is 2.05. The molecule has 8 heteroatoms. The number of pyridine rings is 1. The third kappa shape index (κ3) is 3.58. The molecule has 0 bridgehead atoms. The second kappa shape index (κ2) is 6.50. The molecule has 21 heavy (non-hydrogen) atoms. The molecule has 0 saturated heterocycles. The zero-order valence-corrected chi connectivity index (χ0v) is 13.0. The molecule has 2 heterocycles. The summed E-state index contributed by atoms with van der Waals surface area (Å²) in [7, 11) is -0.825. The lowest BCUT2D eigenvalue weighted by molar-refractivity contribution is -0.140. The first-order chi connectivity index (χ1) is 9.95. The number of ether oxygens (including phenoxy) is 1. The van der Waals surface area contributed by atoms with Crippen molar-refractivity contribution < 1.29 is 17.9 Å². The van der Waals surface area contributed by atoms with E-state index in [-0.39, 0.29) is 13.0 Å². The molecule has 1 aliphatic heterocycles. The minimum atomic E-state index is -3.58. The number of hydrogen-bond donors (Lipinski definition) is 0. The molecule has 0 aliphatic carbocycles. The number of carbonyl (C=O) groups is 1. The van der Waals surface area contributed by atoms with Gasteiger partial charge >= 0.3 is 5.97 Å². The van der Waals surface area contributed by atoms with E-state index in [4.69, 9.17) is 0 Å². The second-order valence-electron chi connectivity index (χ2n) is 4.85. The quantitative estimate of drug-likeness (QED) is 0.725. The van der Waals surface area contributed by atoms with Crippen LogP contribution < -0.4 is 0 Å². The topological polar surface area (TPSA) is 79.8 Å². The maximum atomic E-state index is 12.5. The molecular weight excluding hydrogens is 294 g/mol. The number of nitrogens with zero attached hydrogens (tertiary/aromatic N) is 3. The smallest absolute Gasteiger partial charge is 0.306 e. The zero-order valence-electron chi connectivity index (χ0n) is 12.2. The van der Waals surface area contributed by atoms with Crippen LogP contribution in [0.2, 0.25) is 0 Å². The number of carbonyl (C=O) groups excluding carboxylic acids is 1. The van der Waals surface area contributed by atoms with Crippen LogP contribution in [-0.4, -0.2) is 55.2 Å². The van der Waals surface area contributed by atoms with Crippen LogP contribution in [0, 0.1) is 0 Å². The largest absolute Gasteiger partial charge is 0.469 e. The highest BCUT2D eigenvalue weighted by atomic mass is 32.2. The van der Waals surface area contributed by atoms with Gasteiger partial charge in [0.2, 0.25) is 0 Å². The van der Waals surface area contributed by atoms with Gasteiger partial charge in [-0.3, -0.25) is 9.78 Å². The summed E-state index contributed by atoms with van der Waals surface area (Å²) in [4.78, 5) is 15.4. The third-order valence-electron chi connectivity index (χ3n) is 3.51. The molecule has 0 aromatic carbocycles. The highest BCUT2D eigenvalue weighted by Gasteiger charge is 2.30. The van der Waals surface area contributed by atoms with Crippen molar-refractivity contribution in [1.82, 2.24) is 13.6 Å². The average Bonchev–Trinajstić information content (AvgIpc) is 2.51. The molecule has 0 radical (unpaired) electrons. The normalized spacial score (nSPS) is 15.8. The maximum Gasteiger partial charge on any atom is 0.306 e. The van der Waals surface area contributed by atoms with Gasteiger partial charge in [0.1, 0.15) is 0 Å². The number of hydrogen-bond acceptors (Lipinski definition) is 5. The van der Waals surface area contributed by atoms with Crippen LogP contribution in [0.3, 0.4) is 0 Å². The summed E-state index contributed by atoms with van der Waals surface area (Å²) in [6.07, 6.45) is 2.35. The monoisotopic (exact) mass is 313 g/mol. The van der Waals surface area contributed by atoms with Gasteiger partial charge in [-0.1, -0.05) is 6.07 Å². The fourth-order valence-electron chi connectivity index (χ4n) is 2.20. The number of methoxy groups -OCH3 is 1. The van der Waals surface area contributed by atoms with Gasteiger partial charge in [-0.05, 0) is 11.6 Å². The van der Waals surface area contributed by atoms with E-state index in [1.54, 1.807) is 12.3 Å². The minimum Gasteiger partial charge on any atom is -0.469 e. The van der Waals surface area contributed by atoms with Gasteiger partial charge in [0, 0.05) is 45.0 Å². The van der Waals surface area contributed by atoms with E-state index in [1.807, 2.05) is 6.07 Å². The summed E-state index contributed by atoms with van der Waals surface area (Å²) < 4.78 is 32.1. The van der Waals surface area contributed by atoms with Gasteiger partial charge in [-0.2, -0.15) is 17.0 Å². The molecule has 0 unspecified atom stereocenters. The van der Waals surface area contributed by atoms with Crippen molar-refractivity contribution >= 4 is 16.2 Å². The summed E-state index contributed by atoms with van der Waals surface area (Å²) in [6.45, 7) is 0.814. The molecular formula is C13H19N3O4S. The Labute approximate surface area is 124 Å². The summed E-state index contributed by atoms with van der Waals surface area (Å²) in [5, 5.41) is 0. The van der Waals surface area contributed by atoms with Crippen LogP contribution in [0.25, 0.3) is 0 Å². The van der Waals surface area contributed by atoms with Gasteiger partial charge in [0.15, 0.2) is 0 Å². The Bertz CT molecular complexity index is 618. The van der Waals surface area contributed by atoms with E-state index in [9.17, 15) is 13.2 Å². The van der Waals surface area contributed by atoms with Gasteiger partial charge in [-0.15, -0.1) is 0 Å². The van der Waals surface area contributed by atoms with Crippen LogP contribution in [-0.2, 0) is 32.7 Å². The summed E-state index contributed by atoms with van der Waals surface area (Å²) in [6, 6.07) is 3.69. The second-order valence-corrected chi connectivity index (χ2v) is 6.88. The molecule has 1 aliphatic rings. The first-order valence-electron chi connectivity index (χ1n) is 6.66. The predicted molar refractivity (Wildman–Crippen MR) is 76.5 cm³/mol. The lowest BCUT2D eigenvalue weighted by Gasteiger charge is -2.30. The zero-order chi connectivity index (χ0) is 15.5. The third-order valence-corrected chi connectivity index (χ3v) is 5.44. The number of esters is 1. The lowest BCUT2D eigenvalue weighted by Crippen LogP contribution is -2.45. The average molecular weight is 313 g/mol. The molecule has 0 saturated carbocycles. The van der Waals surface area contributed by atoms with Gasteiger partial charge in [-0.25, -0.2) is 0 Å². The molecule has 2 rings (SSSR count). The van der Waals surface area contributed by atoms with Crippen LogP contribution in [0.15, 0.2) is 18.3 Å². The number of rotatable bonds is 5. The molecule has 1 aromatic heterocycles. The Hall–Kier alpha value is -1.51. The van der Waals surface area contributed by atoms with Crippen molar-refractivity contribution in [2.24, 2.45) is 0 Å². The van der Waals surface area contributed by atoms with Gasteiger partial charge in [0.05, 0.1) is 13.5 Å². The van der Waals surface area contributed by atoms with Crippen molar-refractivity contribution in [3.05, 3.63) is 29.6 Å². The van der Waals surface area contributed by atoms with Crippen LogP contribution in [0.4, 0.5) is 0 Å². The van der Waals surface area contributed by atoms with E-state index in [1.165, 1.54) is 22.8 Å². The van der Waals surface area contributed by atoms with E-state index < -0.39 is 16.2 Å². The number of fused-ring (bicyclic) bond motifs is 1. The van der Waals surface area contributed by atoms with Crippen LogP contribution in [0.1, 0.15) is 17.7 Å². The highest BCUT2D eigenvalue weighted by Crippen LogP contribution is 2.20. The molecule has 1 aromatic rings. The fraction of sp³-hybridized carbons (Fsp3) is 0.538. The molecule has 7 nitrogen and oxygen atoms in total. The van der Waals surface area contributed by atoms with E-state index in [2.05, 4.69) is 9.72 Å². The summed E-state index contributed by atoms with van der Waals surface area (Å²) in [5.74, 6) is -0.426. The fourth-order valence-corrected chi connectivity index (χ4v) is 3.54. The van der Waals surface area contributed by atoms with Crippen molar-refractivity contribution in [3.63, 3.8) is 0 Å². The molecule has 116 valence electrons. The molecule has 0 N–H and O–H groups in total. The first kappa shape index (κ1) is 15.9. The van der Waals surface area contributed by atoms with Crippen LogP contribution >= 0.6 is 0 Å². The molecule has 0 atom stereocenters. The van der Waals surface area contributed by atoms with Crippen LogP contribution in [0.5, 0.6) is 0 Å². The van der Waals surface area contributed by atoms with Crippen molar-refractivity contribution in [3.8, 4) is 0 Å². The van der Waals surface area contributed by atoms with E-state index in [0.29, 0.717) is 19.5 Å². The highest BCUT2D eigenvalue weighted by molar-refractivity contribution is 7.86. The Morgan fingerprint density at radius 2 is 2.29 bits per heavy atom. The Morgan fingerprint density at radius 3 is 3.00 bits per heavy atom. The standard InChI is InChI=1S/C13H19N3O4S/c1-15(8-6-13(17)20-2)21(18,19)16-9-5-12-11(10-16)4-3-7-14-12/h3-4,7H,5-6,8-10H2,1-2H3. The lowest BCUT2D eigenvalue weighted by atomic mass is 10.1. The molecule has 0 amide bonds.